The number of benzene rings is 1. The van der Waals surface area contributed by atoms with E-state index in [0.29, 0.717) is 11.6 Å². The van der Waals surface area contributed by atoms with Crippen molar-refractivity contribution in [3.8, 4) is 0 Å². The fourth-order valence-electron chi connectivity index (χ4n) is 2.54. The van der Waals surface area contributed by atoms with Crippen molar-refractivity contribution in [1.82, 2.24) is 0 Å². The van der Waals surface area contributed by atoms with Crippen LogP contribution in [0.2, 0.25) is 0 Å². The second-order valence-corrected chi connectivity index (χ2v) is 5.36. The van der Waals surface area contributed by atoms with Gasteiger partial charge in [0, 0.05) is 23.4 Å². The van der Waals surface area contributed by atoms with Gasteiger partial charge in [-0.1, -0.05) is 13.0 Å². The van der Waals surface area contributed by atoms with Gasteiger partial charge >= 0.3 is 0 Å². The van der Waals surface area contributed by atoms with Crippen molar-refractivity contribution < 1.29 is 4.92 Å². The quantitative estimate of drug-likeness (QED) is 0.652. The number of nitro benzene ring substituents is 1. The molecule has 1 aliphatic carbocycles. The number of nitro groups is 1. The normalized spacial score (nSPS) is 23.7. The van der Waals surface area contributed by atoms with E-state index in [-0.39, 0.29) is 10.6 Å². The number of nitrogens with zero attached hydrogens (tertiary/aromatic N) is 1. The van der Waals surface area contributed by atoms with Crippen LogP contribution in [-0.4, -0.2) is 11.0 Å². The van der Waals surface area contributed by atoms with Gasteiger partial charge in [-0.3, -0.25) is 10.1 Å². The third-order valence-corrected chi connectivity index (χ3v) is 3.79. The van der Waals surface area contributed by atoms with E-state index in [2.05, 4.69) is 12.2 Å². The molecule has 1 fully saturated rings. The molecule has 98 valence electrons. The molecule has 0 bridgehead atoms. The SMILES string of the molecule is Cc1ccc(NC2CCC(C)CC2)cc1[N+](=O)[O-]. The standard InChI is InChI=1S/C14H20N2O2/c1-10-3-6-12(7-4-10)15-13-8-5-11(2)14(9-13)16(17)18/h5,8-10,12,15H,3-4,6-7H2,1-2H3. The van der Waals surface area contributed by atoms with Crippen molar-refractivity contribution in [2.75, 3.05) is 5.32 Å². The Hall–Kier alpha value is -1.58. The Morgan fingerprint density at radius 1 is 1.28 bits per heavy atom. The summed E-state index contributed by atoms with van der Waals surface area (Å²) in [5, 5.41) is 14.3. The minimum atomic E-state index is -0.316. The summed E-state index contributed by atoms with van der Waals surface area (Å²) in [6.45, 7) is 4.05. The van der Waals surface area contributed by atoms with Crippen molar-refractivity contribution in [3.63, 3.8) is 0 Å². The molecule has 0 heterocycles. The maximum Gasteiger partial charge on any atom is 0.274 e. The lowest BCUT2D eigenvalue weighted by Gasteiger charge is -2.27. The Kier molecular flexibility index (Phi) is 3.84. The van der Waals surface area contributed by atoms with E-state index in [4.69, 9.17) is 0 Å². The molecule has 1 aliphatic rings. The minimum Gasteiger partial charge on any atom is -0.382 e. The smallest absolute Gasteiger partial charge is 0.274 e. The van der Waals surface area contributed by atoms with Gasteiger partial charge in [-0.15, -0.1) is 0 Å². The highest BCUT2D eigenvalue weighted by Gasteiger charge is 2.19. The summed E-state index contributed by atoms with van der Waals surface area (Å²) in [6, 6.07) is 5.85. The lowest BCUT2D eigenvalue weighted by molar-refractivity contribution is -0.385. The molecule has 0 aliphatic heterocycles. The Labute approximate surface area is 108 Å². The van der Waals surface area contributed by atoms with Gasteiger partial charge in [0.15, 0.2) is 0 Å². The maximum atomic E-state index is 10.9. The molecule has 0 atom stereocenters. The van der Waals surface area contributed by atoms with Crippen LogP contribution in [0.4, 0.5) is 11.4 Å². The number of nitrogens with one attached hydrogen (secondary N) is 1. The first-order valence-electron chi connectivity index (χ1n) is 6.58. The van der Waals surface area contributed by atoms with Gasteiger partial charge in [0.2, 0.25) is 0 Å². The van der Waals surface area contributed by atoms with Gasteiger partial charge in [-0.05, 0) is 44.6 Å². The molecule has 0 saturated heterocycles. The zero-order chi connectivity index (χ0) is 13.1. The summed E-state index contributed by atoms with van der Waals surface area (Å²) in [6.07, 6.45) is 4.79. The molecule has 1 saturated carbocycles. The summed E-state index contributed by atoms with van der Waals surface area (Å²) >= 11 is 0. The lowest BCUT2D eigenvalue weighted by Crippen LogP contribution is -2.25. The summed E-state index contributed by atoms with van der Waals surface area (Å²) in [4.78, 5) is 10.6. The Morgan fingerprint density at radius 2 is 1.94 bits per heavy atom. The van der Waals surface area contributed by atoms with E-state index >= 15 is 0 Å². The highest BCUT2D eigenvalue weighted by Crippen LogP contribution is 2.28. The van der Waals surface area contributed by atoms with Crippen LogP contribution in [0.25, 0.3) is 0 Å². The van der Waals surface area contributed by atoms with Crippen LogP contribution in [0, 0.1) is 23.0 Å². The van der Waals surface area contributed by atoms with Crippen LogP contribution in [0.15, 0.2) is 18.2 Å². The van der Waals surface area contributed by atoms with E-state index in [1.54, 1.807) is 13.0 Å². The second kappa shape index (κ2) is 5.38. The van der Waals surface area contributed by atoms with Crippen molar-refractivity contribution in [2.24, 2.45) is 5.92 Å². The Balaban J connectivity index is 2.05. The fourth-order valence-corrected chi connectivity index (χ4v) is 2.54. The van der Waals surface area contributed by atoms with E-state index in [1.165, 1.54) is 12.8 Å². The predicted molar refractivity (Wildman–Crippen MR) is 72.9 cm³/mol. The monoisotopic (exact) mass is 248 g/mol. The van der Waals surface area contributed by atoms with Gasteiger partial charge in [-0.2, -0.15) is 0 Å². The molecule has 0 aromatic heterocycles. The molecule has 4 heteroatoms. The molecule has 0 unspecified atom stereocenters. The summed E-state index contributed by atoms with van der Waals surface area (Å²) in [5.74, 6) is 0.815. The number of hydrogen-bond acceptors (Lipinski definition) is 3. The minimum absolute atomic E-state index is 0.198. The van der Waals surface area contributed by atoms with Crippen LogP contribution in [0.5, 0.6) is 0 Å². The molecule has 0 spiro atoms. The third-order valence-electron chi connectivity index (χ3n) is 3.79. The van der Waals surface area contributed by atoms with Crippen molar-refractivity contribution >= 4 is 11.4 Å². The number of aryl methyl sites for hydroxylation is 1. The zero-order valence-electron chi connectivity index (χ0n) is 11.0. The van der Waals surface area contributed by atoms with Crippen molar-refractivity contribution in [2.45, 2.75) is 45.6 Å². The average Bonchev–Trinajstić information content (AvgIpc) is 2.34. The van der Waals surface area contributed by atoms with Crippen molar-refractivity contribution in [3.05, 3.63) is 33.9 Å². The summed E-state index contributed by atoms with van der Waals surface area (Å²) in [5.41, 5.74) is 1.78. The molecular weight excluding hydrogens is 228 g/mol. The Bertz CT molecular complexity index is 437. The summed E-state index contributed by atoms with van der Waals surface area (Å²) < 4.78 is 0. The van der Waals surface area contributed by atoms with Crippen LogP contribution in [0.3, 0.4) is 0 Å². The first kappa shape index (κ1) is 12.9. The highest BCUT2D eigenvalue weighted by molar-refractivity contribution is 5.55. The lowest BCUT2D eigenvalue weighted by atomic mass is 9.87. The van der Waals surface area contributed by atoms with Gasteiger partial charge in [-0.25, -0.2) is 0 Å². The summed E-state index contributed by atoms with van der Waals surface area (Å²) in [7, 11) is 0. The molecule has 2 rings (SSSR count). The van der Waals surface area contributed by atoms with E-state index in [9.17, 15) is 10.1 Å². The zero-order valence-corrected chi connectivity index (χ0v) is 11.0. The molecular formula is C14H20N2O2. The van der Waals surface area contributed by atoms with E-state index < -0.39 is 0 Å². The third kappa shape index (κ3) is 3.00. The van der Waals surface area contributed by atoms with Crippen LogP contribution >= 0.6 is 0 Å². The molecule has 0 radical (unpaired) electrons. The Morgan fingerprint density at radius 3 is 2.56 bits per heavy atom. The number of rotatable bonds is 3. The number of hydrogen-bond donors (Lipinski definition) is 1. The molecule has 1 N–H and O–H groups in total. The van der Waals surface area contributed by atoms with Crippen LogP contribution < -0.4 is 5.32 Å². The van der Waals surface area contributed by atoms with Crippen LogP contribution in [0.1, 0.15) is 38.2 Å². The second-order valence-electron chi connectivity index (χ2n) is 5.36. The van der Waals surface area contributed by atoms with Gasteiger partial charge in [0.1, 0.15) is 0 Å². The van der Waals surface area contributed by atoms with Crippen LogP contribution in [-0.2, 0) is 0 Å². The first-order chi connectivity index (χ1) is 8.56. The first-order valence-corrected chi connectivity index (χ1v) is 6.58. The van der Waals surface area contributed by atoms with Crippen molar-refractivity contribution in [1.29, 1.82) is 0 Å². The van der Waals surface area contributed by atoms with E-state index in [1.807, 2.05) is 12.1 Å². The largest absolute Gasteiger partial charge is 0.382 e. The fraction of sp³-hybridized carbons (Fsp3) is 0.571. The molecule has 1 aromatic rings. The maximum absolute atomic E-state index is 10.9. The topological polar surface area (TPSA) is 55.2 Å². The number of anilines is 1. The average molecular weight is 248 g/mol. The van der Waals surface area contributed by atoms with E-state index in [0.717, 1.165) is 24.4 Å². The molecule has 4 nitrogen and oxygen atoms in total. The van der Waals surface area contributed by atoms with Gasteiger partial charge in [0.05, 0.1) is 4.92 Å². The van der Waals surface area contributed by atoms with Gasteiger partial charge < -0.3 is 5.32 Å². The molecule has 0 amide bonds. The predicted octanol–water partition coefficient (Wildman–Crippen LogP) is 3.89. The highest BCUT2D eigenvalue weighted by atomic mass is 16.6. The molecule has 18 heavy (non-hydrogen) atoms. The molecule has 1 aromatic carbocycles. The van der Waals surface area contributed by atoms with Gasteiger partial charge in [0.25, 0.3) is 5.69 Å².